The molecule has 0 aromatic rings. The molecular weight excluding hydrogens is 210 g/mol. The molecule has 0 radical (unpaired) electrons. The van der Waals surface area contributed by atoms with Gasteiger partial charge in [-0.3, -0.25) is 9.59 Å². The third-order valence-electron chi connectivity index (χ3n) is 2.47. The number of carboxylic acid groups (broad SMARTS) is 2. The summed E-state index contributed by atoms with van der Waals surface area (Å²) < 4.78 is 0. The molecular formula is C11H21NO4. The Morgan fingerprint density at radius 2 is 1.44 bits per heavy atom. The second kappa shape index (κ2) is 9.15. The molecule has 0 bridgehead atoms. The van der Waals surface area contributed by atoms with Crippen molar-refractivity contribution < 1.29 is 19.8 Å². The average molecular weight is 231 g/mol. The number of carbonyl (C=O) groups is 2. The first kappa shape index (κ1) is 14.9. The summed E-state index contributed by atoms with van der Waals surface area (Å²) in [6, 6.07) is -0.744. The van der Waals surface area contributed by atoms with E-state index in [0.29, 0.717) is 6.42 Å². The molecule has 0 unspecified atom stereocenters. The van der Waals surface area contributed by atoms with E-state index >= 15 is 0 Å². The summed E-state index contributed by atoms with van der Waals surface area (Å²) in [5.74, 6) is -1.69. The fourth-order valence-corrected chi connectivity index (χ4v) is 1.47. The van der Waals surface area contributed by atoms with Crippen LogP contribution < -0.4 is 5.73 Å². The quantitative estimate of drug-likeness (QED) is 0.496. The summed E-state index contributed by atoms with van der Waals surface area (Å²) in [4.78, 5) is 20.6. The van der Waals surface area contributed by atoms with Crippen LogP contribution in [0.5, 0.6) is 0 Å². The van der Waals surface area contributed by atoms with E-state index in [0.717, 1.165) is 38.5 Å². The maximum atomic E-state index is 10.4. The second-order valence-electron chi connectivity index (χ2n) is 4.00. The van der Waals surface area contributed by atoms with Crippen LogP contribution in [-0.2, 0) is 9.59 Å². The lowest BCUT2D eigenvalue weighted by Crippen LogP contribution is -2.29. The highest BCUT2D eigenvalue weighted by molar-refractivity contribution is 5.72. The van der Waals surface area contributed by atoms with E-state index in [-0.39, 0.29) is 6.42 Å². The van der Waals surface area contributed by atoms with Gasteiger partial charge in [-0.05, 0) is 12.8 Å². The Balaban J connectivity index is 3.15. The van der Waals surface area contributed by atoms with Gasteiger partial charge in [-0.2, -0.15) is 0 Å². The average Bonchev–Trinajstić information content (AvgIpc) is 2.21. The Hall–Kier alpha value is -1.10. The van der Waals surface area contributed by atoms with Crippen LogP contribution in [0.1, 0.15) is 51.4 Å². The zero-order valence-corrected chi connectivity index (χ0v) is 9.52. The zero-order chi connectivity index (χ0) is 12.4. The first-order valence-corrected chi connectivity index (χ1v) is 5.74. The van der Waals surface area contributed by atoms with E-state index in [4.69, 9.17) is 15.9 Å². The molecule has 5 nitrogen and oxygen atoms in total. The number of rotatable bonds is 10. The van der Waals surface area contributed by atoms with Gasteiger partial charge in [-0.25, -0.2) is 0 Å². The van der Waals surface area contributed by atoms with Gasteiger partial charge in [0, 0.05) is 6.42 Å². The molecule has 94 valence electrons. The predicted octanol–water partition coefficient (Wildman–Crippen LogP) is 1.60. The van der Waals surface area contributed by atoms with Crippen molar-refractivity contribution in [2.75, 3.05) is 0 Å². The Labute approximate surface area is 95.6 Å². The van der Waals surface area contributed by atoms with Crippen molar-refractivity contribution in [2.24, 2.45) is 5.73 Å². The zero-order valence-electron chi connectivity index (χ0n) is 9.52. The van der Waals surface area contributed by atoms with Crippen molar-refractivity contribution in [3.63, 3.8) is 0 Å². The van der Waals surface area contributed by atoms with Crippen LogP contribution in [0.2, 0.25) is 0 Å². The van der Waals surface area contributed by atoms with Crippen molar-refractivity contribution in [1.29, 1.82) is 0 Å². The lowest BCUT2D eigenvalue weighted by Gasteiger charge is -2.05. The Kier molecular flexibility index (Phi) is 8.52. The molecule has 0 aliphatic rings. The molecule has 16 heavy (non-hydrogen) atoms. The van der Waals surface area contributed by atoms with Crippen LogP contribution in [0, 0.1) is 0 Å². The SMILES string of the molecule is N[C@@H](CCCCCCCCC(=O)O)C(=O)O. The minimum absolute atomic E-state index is 0.240. The number of hydrogen-bond donors (Lipinski definition) is 3. The minimum Gasteiger partial charge on any atom is -0.481 e. The van der Waals surface area contributed by atoms with E-state index in [2.05, 4.69) is 0 Å². The van der Waals surface area contributed by atoms with E-state index < -0.39 is 18.0 Å². The summed E-state index contributed by atoms with van der Waals surface area (Å²) >= 11 is 0. The lowest BCUT2D eigenvalue weighted by atomic mass is 10.1. The molecule has 0 spiro atoms. The second-order valence-corrected chi connectivity index (χ2v) is 4.00. The number of aliphatic carboxylic acids is 2. The fourth-order valence-electron chi connectivity index (χ4n) is 1.47. The summed E-state index contributed by atoms with van der Waals surface area (Å²) in [6.07, 6.45) is 6.23. The summed E-state index contributed by atoms with van der Waals surface area (Å²) in [5.41, 5.74) is 5.35. The van der Waals surface area contributed by atoms with Crippen molar-refractivity contribution in [1.82, 2.24) is 0 Å². The van der Waals surface area contributed by atoms with Gasteiger partial charge in [0.05, 0.1) is 0 Å². The van der Waals surface area contributed by atoms with Crippen LogP contribution in [0.4, 0.5) is 0 Å². The molecule has 0 rings (SSSR count). The van der Waals surface area contributed by atoms with Gasteiger partial charge >= 0.3 is 11.9 Å². The molecule has 0 aliphatic carbocycles. The van der Waals surface area contributed by atoms with Crippen molar-refractivity contribution in [3.05, 3.63) is 0 Å². The maximum Gasteiger partial charge on any atom is 0.320 e. The Morgan fingerprint density at radius 1 is 0.938 bits per heavy atom. The Morgan fingerprint density at radius 3 is 1.94 bits per heavy atom. The highest BCUT2D eigenvalue weighted by Gasteiger charge is 2.09. The van der Waals surface area contributed by atoms with Crippen LogP contribution in [0.15, 0.2) is 0 Å². The van der Waals surface area contributed by atoms with Crippen molar-refractivity contribution >= 4 is 11.9 Å². The minimum atomic E-state index is -0.943. The van der Waals surface area contributed by atoms with E-state index in [9.17, 15) is 9.59 Å². The van der Waals surface area contributed by atoms with Gasteiger partial charge < -0.3 is 15.9 Å². The number of unbranched alkanes of at least 4 members (excludes halogenated alkanes) is 5. The molecule has 0 aromatic heterocycles. The molecule has 0 saturated heterocycles. The van der Waals surface area contributed by atoms with Gasteiger partial charge in [0.2, 0.25) is 0 Å². The van der Waals surface area contributed by atoms with E-state index in [1.807, 2.05) is 0 Å². The van der Waals surface area contributed by atoms with Gasteiger partial charge in [-0.15, -0.1) is 0 Å². The number of hydrogen-bond acceptors (Lipinski definition) is 3. The third kappa shape index (κ3) is 9.45. The predicted molar refractivity (Wildman–Crippen MR) is 60.2 cm³/mol. The van der Waals surface area contributed by atoms with Crippen molar-refractivity contribution in [3.8, 4) is 0 Å². The topological polar surface area (TPSA) is 101 Å². The molecule has 5 heteroatoms. The summed E-state index contributed by atoms with van der Waals surface area (Å²) in [6.45, 7) is 0. The summed E-state index contributed by atoms with van der Waals surface area (Å²) in [7, 11) is 0. The molecule has 1 atom stereocenters. The van der Waals surface area contributed by atoms with E-state index in [1.165, 1.54) is 0 Å². The van der Waals surface area contributed by atoms with E-state index in [1.54, 1.807) is 0 Å². The van der Waals surface area contributed by atoms with Crippen molar-refractivity contribution in [2.45, 2.75) is 57.4 Å². The van der Waals surface area contributed by atoms with Gasteiger partial charge in [0.15, 0.2) is 0 Å². The lowest BCUT2D eigenvalue weighted by molar-refractivity contribution is -0.139. The van der Waals surface area contributed by atoms with Crippen LogP contribution in [0.3, 0.4) is 0 Å². The maximum absolute atomic E-state index is 10.4. The number of carboxylic acids is 2. The molecule has 0 fully saturated rings. The number of nitrogens with two attached hydrogens (primary N) is 1. The highest BCUT2D eigenvalue weighted by Crippen LogP contribution is 2.09. The first-order valence-electron chi connectivity index (χ1n) is 5.74. The van der Waals surface area contributed by atoms with Crippen LogP contribution in [0.25, 0.3) is 0 Å². The molecule has 4 N–H and O–H groups in total. The summed E-state index contributed by atoms with van der Waals surface area (Å²) in [5, 5.41) is 16.9. The Bertz CT molecular complexity index is 218. The molecule has 0 aliphatic heterocycles. The normalized spacial score (nSPS) is 12.3. The first-order chi connectivity index (χ1) is 7.54. The smallest absolute Gasteiger partial charge is 0.320 e. The van der Waals surface area contributed by atoms with Gasteiger partial charge in [0.25, 0.3) is 0 Å². The standard InChI is InChI=1S/C11H21NO4/c12-9(11(15)16)7-5-3-1-2-4-6-8-10(13)14/h9H,1-8,12H2,(H,13,14)(H,15,16)/t9-/m0/s1. The van der Waals surface area contributed by atoms with Gasteiger partial charge in [0.1, 0.15) is 6.04 Å². The third-order valence-corrected chi connectivity index (χ3v) is 2.47. The highest BCUT2D eigenvalue weighted by atomic mass is 16.4. The van der Waals surface area contributed by atoms with Crippen LogP contribution >= 0.6 is 0 Å². The molecule has 0 amide bonds. The largest absolute Gasteiger partial charge is 0.481 e. The molecule has 0 saturated carbocycles. The van der Waals surface area contributed by atoms with Crippen LogP contribution in [-0.4, -0.2) is 28.2 Å². The molecule has 0 heterocycles. The fraction of sp³-hybridized carbons (Fsp3) is 0.818. The monoisotopic (exact) mass is 231 g/mol. The van der Waals surface area contributed by atoms with Gasteiger partial charge in [-0.1, -0.05) is 32.1 Å². The molecule has 0 aromatic carbocycles.